The fourth-order valence-corrected chi connectivity index (χ4v) is 5.32. The number of carbonyl (C=O) groups is 3. The van der Waals surface area contributed by atoms with E-state index in [1.165, 1.54) is 0 Å². The smallest absolute Gasteiger partial charge is 0.323 e. The number of pyridine rings is 1. The highest BCUT2D eigenvalue weighted by Crippen LogP contribution is 2.46. The number of benzene rings is 1. The van der Waals surface area contributed by atoms with Crippen LogP contribution in [0.1, 0.15) is 53.9 Å². The predicted octanol–water partition coefficient (Wildman–Crippen LogP) is 4.34. The zero-order valence-corrected chi connectivity index (χ0v) is 18.4. The van der Waals surface area contributed by atoms with E-state index in [9.17, 15) is 14.4 Å². The van der Waals surface area contributed by atoms with Gasteiger partial charge in [0, 0.05) is 32.1 Å². The Labute approximate surface area is 183 Å². The van der Waals surface area contributed by atoms with Crippen molar-refractivity contribution in [1.82, 2.24) is 9.88 Å². The second-order valence-corrected chi connectivity index (χ2v) is 9.16. The monoisotopic (exact) mass is 419 g/mol. The molecule has 1 aromatic carbocycles. The fraction of sp³-hybridized carbons (Fsp3) is 0.440. The van der Waals surface area contributed by atoms with Crippen molar-refractivity contribution in [1.29, 1.82) is 0 Å². The molecule has 1 saturated carbocycles. The molecular weight excluding hydrogens is 390 g/mol. The van der Waals surface area contributed by atoms with Gasteiger partial charge in [-0.15, -0.1) is 0 Å². The maximum Gasteiger partial charge on any atom is 0.323 e. The van der Waals surface area contributed by atoms with Gasteiger partial charge >= 0.3 is 6.03 Å². The number of nitrogens with one attached hydrogen (secondary N) is 1. The molecule has 1 aliphatic heterocycles. The minimum absolute atomic E-state index is 0.0256. The molecule has 1 aromatic heterocycles. The Bertz CT molecular complexity index is 981. The number of piperidine rings is 1. The molecule has 2 fully saturated rings. The van der Waals surface area contributed by atoms with Crippen LogP contribution in [0.15, 0.2) is 36.5 Å². The molecule has 1 saturated heterocycles. The number of aryl methyl sites for hydroxylation is 3. The highest BCUT2D eigenvalue weighted by atomic mass is 16.2. The number of aromatic nitrogens is 1. The lowest BCUT2D eigenvalue weighted by Gasteiger charge is -2.44. The topological polar surface area (TPSA) is 79.4 Å². The van der Waals surface area contributed by atoms with E-state index in [1.807, 2.05) is 39.0 Å². The van der Waals surface area contributed by atoms with Gasteiger partial charge in [-0.25, -0.2) is 9.78 Å². The van der Waals surface area contributed by atoms with Crippen molar-refractivity contribution < 1.29 is 14.4 Å². The molecule has 0 bridgehead atoms. The van der Waals surface area contributed by atoms with Crippen LogP contribution in [0.25, 0.3) is 0 Å². The molecule has 0 radical (unpaired) electrons. The third-order valence-corrected chi connectivity index (χ3v) is 6.78. The average molecular weight is 420 g/mol. The minimum Gasteiger partial charge on any atom is -0.324 e. The van der Waals surface area contributed by atoms with Crippen molar-refractivity contribution in [2.24, 2.45) is 5.41 Å². The van der Waals surface area contributed by atoms with Gasteiger partial charge in [0.25, 0.3) is 0 Å². The molecule has 1 spiro atoms. The third-order valence-electron chi connectivity index (χ3n) is 6.78. The molecule has 2 aliphatic rings. The van der Waals surface area contributed by atoms with E-state index in [-0.39, 0.29) is 23.0 Å². The van der Waals surface area contributed by atoms with Gasteiger partial charge in [-0.3, -0.25) is 14.9 Å². The lowest BCUT2D eigenvalue weighted by molar-refractivity contribution is -0.138. The van der Waals surface area contributed by atoms with Crippen LogP contribution in [-0.4, -0.2) is 40.6 Å². The zero-order valence-electron chi connectivity index (χ0n) is 18.4. The molecule has 4 rings (SSSR count). The quantitative estimate of drug-likeness (QED) is 0.735. The first-order chi connectivity index (χ1) is 14.8. The van der Waals surface area contributed by atoms with Crippen molar-refractivity contribution in [2.45, 2.75) is 52.4 Å². The summed E-state index contributed by atoms with van der Waals surface area (Å²) in [6.45, 7) is 7.07. The Balaban J connectivity index is 1.43. The fourth-order valence-electron chi connectivity index (χ4n) is 5.32. The average Bonchev–Trinajstić information content (AvgIpc) is 2.70. The lowest BCUT2D eigenvalue weighted by atomic mass is 9.62. The molecule has 6 heteroatoms. The summed E-state index contributed by atoms with van der Waals surface area (Å²) in [7, 11) is 0. The minimum atomic E-state index is -0.642. The number of anilines is 1. The number of urea groups is 1. The third kappa shape index (κ3) is 4.24. The second kappa shape index (κ2) is 8.25. The Morgan fingerprint density at radius 1 is 1.03 bits per heavy atom. The Morgan fingerprint density at radius 3 is 2.19 bits per heavy atom. The standard InChI is InChI=1S/C25H29N3O3/c1-16-12-17(2)22(18(3)13-16)23-19(29)14-25(15-20(23)30)7-10-28(11-8-25)24(31)27-21-6-4-5-9-26-21/h4-6,9,12-13,23H,7-8,10-11,14-15H2,1-3H3,(H,26,27,31). The summed E-state index contributed by atoms with van der Waals surface area (Å²) in [5, 5.41) is 2.81. The summed E-state index contributed by atoms with van der Waals surface area (Å²) >= 11 is 0. The zero-order chi connectivity index (χ0) is 22.2. The first kappa shape index (κ1) is 21.2. The number of nitrogens with zero attached hydrogens (tertiary/aromatic N) is 2. The van der Waals surface area contributed by atoms with Crippen LogP contribution in [0.3, 0.4) is 0 Å². The molecule has 31 heavy (non-hydrogen) atoms. The van der Waals surface area contributed by atoms with E-state index in [2.05, 4.69) is 10.3 Å². The second-order valence-electron chi connectivity index (χ2n) is 9.16. The van der Waals surface area contributed by atoms with E-state index in [1.54, 1.807) is 23.2 Å². The summed E-state index contributed by atoms with van der Waals surface area (Å²) in [5.41, 5.74) is 3.74. The molecule has 2 aromatic rings. The number of Topliss-reactive ketones (excluding diaryl/α,β-unsaturated/α-hetero) is 2. The van der Waals surface area contributed by atoms with Crippen molar-refractivity contribution >= 4 is 23.4 Å². The number of carbonyl (C=O) groups excluding carboxylic acids is 3. The molecule has 2 heterocycles. The molecule has 1 N–H and O–H groups in total. The van der Waals surface area contributed by atoms with Gasteiger partial charge in [-0.05, 0) is 67.9 Å². The van der Waals surface area contributed by atoms with Crippen LogP contribution >= 0.6 is 0 Å². The van der Waals surface area contributed by atoms with Crippen molar-refractivity contribution in [2.75, 3.05) is 18.4 Å². The van der Waals surface area contributed by atoms with Gasteiger partial charge in [0.05, 0.1) is 0 Å². The summed E-state index contributed by atoms with van der Waals surface area (Å²) < 4.78 is 0. The van der Waals surface area contributed by atoms with Gasteiger partial charge in [0.15, 0.2) is 0 Å². The largest absolute Gasteiger partial charge is 0.324 e. The van der Waals surface area contributed by atoms with Crippen molar-refractivity contribution in [3.8, 4) is 0 Å². The van der Waals surface area contributed by atoms with Crippen molar-refractivity contribution in [3.05, 3.63) is 58.8 Å². The summed E-state index contributed by atoms with van der Waals surface area (Å²) in [6, 6.07) is 9.27. The highest BCUT2D eigenvalue weighted by molar-refractivity contribution is 6.10. The van der Waals surface area contributed by atoms with E-state index in [4.69, 9.17) is 0 Å². The van der Waals surface area contributed by atoms with Crippen LogP contribution < -0.4 is 5.32 Å². The van der Waals surface area contributed by atoms with E-state index in [0.717, 1.165) is 22.3 Å². The van der Waals surface area contributed by atoms with Crippen LogP contribution in [0.2, 0.25) is 0 Å². The first-order valence-corrected chi connectivity index (χ1v) is 10.9. The van der Waals surface area contributed by atoms with Crippen LogP contribution in [0, 0.1) is 26.2 Å². The van der Waals surface area contributed by atoms with Crippen molar-refractivity contribution in [3.63, 3.8) is 0 Å². The number of ketones is 2. The number of amides is 2. The van der Waals surface area contributed by atoms with Gasteiger partial charge in [0.2, 0.25) is 0 Å². The van der Waals surface area contributed by atoms with E-state index in [0.29, 0.717) is 44.6 Å². The van der Waals surface area contributed by atoms with E-state index >= 15 is 0 Å². The number of likely N-dealkylation sites (tertiary alicyclic amines) is 1. The lowest BCUT2D eigenvalue weighted by Crippen LogP contribution is -2.49. The van der Waals surface area contributed by atoms with Gasteiger partial charge in [-0.1, -0.05) is 23.8 Å². The number of hydrogen-bond acceptors (Lipinski definition) is 4. The van der Waals surface area contributed by atoms with Gasteiger partial charge in [-0.2, -0.15) is 0 Å². The molecular formula is C25H29N3O3. The normalized spacial score (nSPS) is 19.0. The summed E-state index contributed by atoms with van der Waals surface area (Å²) in [5.74, 6) is -0.0745. The van der Waals surface area contributed by atoms with E-state index < -0.39 is 5.92 Å². The predicted molar refractivity (Wildman–Crippen MR) is 119 cm³/mol. The Morgan fingerprint density at radius 2 is 1.65 bits per heavy atom. The maximum atomic E-state index is 13.2. The molecule has 162 valence electrons. The number of rotatable bonds is 2. The molecule has 2 amide bonds. The van der Waals surface area contributed by atoms with Gasteiger partial charge in [0.1, 0.15) is 23.3 Å². The molecule has 0 unspecified atom stereocenters. The molecule has 1 aliphatic carbocycles. The molecule has 0 atom stereocenters. The molecule has 6 nitrogen and oxygen atoms in total. The summed E-state index contributed by atoms with van der Waals surface area (Å²) in [4.78, 5) is 44.8. The highest BCUT2D eigenvalue weighted by Gasteiger charge is 2.47. The first-order valence-electron chi connectivity index (χ1n) is 10.9. The van der Waals surface area contributed by atoms with Crippen LogP contribution in [0.4, 0.5) is 10.6 Å². The maximum absolute atomic E-state index is 13.2. The Kier molecular flexibility index (Phi) is 5.65. The van der Waals surface area contributed by atoms with Crippen LogP contribution in [-0.2, 0) is 9.59 Å². The SMILES string of the molecule is Cc1cc(C)c(C2C(=O)CC3(CCN(C(=O)Nc4ccccn4)CC3)CC2=O)c(C)c1. The van der Waals surface area contributed by atoms with Gasteiger partial charge < -0.3 is 4.90 Å². The summed E-state index contributed by atoms with van der Waals surface area (Å²) in [6.07, 6.45) is 3.78. The number of hydrogen-bond donors (Lipinski definition) is 1. The van der Waals surface area contributed by atoms with Crippen LogP contribution in [0.5, 0.6) is 0 Å². The Hall–Kier alpha value is -3.02.